The second kappa shape index (κ2) is 4.66. The quantitative estimate of drug-likeness (QED) is 0.410. The highest BCUT2D eigenvalue weighted by molar-refractivity contribution is 5.14. The first kappa shape index (κ1) is 16.5. The maximum atomic E-state index is 10.3. The average molecular weight is 248 g/mol. The van der Waals surface area contributed by atoms with Gasteiger partial charge >= 0.3 is 0 Å². The van der Waals surface area contributed by atoms with Crippen molar-refractivity contribution in [2.45, 2.75) is 56.5 Å². The van der Waals surface area contributed by atoms with Crippen LogP contribution in [0, 0.1) is 0 Å². The molecule has 0 aromatic rings. The van der Waals surface area contributed by atoms with E-state index in [0.717, 1.165) is 0 Å². The fourth-order valence-electron chi connectivity index (χ4n) is 1.68. The fourth-order valence-corrected chi connectivity index (χ4v) is 1.68. The Kier molecular flexibility index (Phi) is 4.54. The number of hydrogen-bond donors (Lipinski definition) is 5. The third kappa shape index (κ3) is 2.53. The Hall–Kier alpha value is -0.460. The molecule has 0 amide bonds. The predicted molar refractivity (Wildman–Crippen MR) is 64.4 cm³/mol. The van der Waals surface area contributed by atoms with Gasteiger partial charge in [-0.2, -0.15) is 0 Å². The molecule has 0 aliphatic carbocycles. The lowest BCUT2D eigenvalue weighted by Gasteiger charge is -2.52. The number of aliphatic hydroxyl groups is 5. The van der Waals surface area contributed by atoms with Crippen LogP contribution < -0.4 is 0 Å². The summed E-state index contributed by atoms with van der Waals surface area (Å²) in [5.74, 6) is 0. The highest BCUT2D eigenvalue weighted by Gasteiger charge is 2.60. The van der Waals surface area contributed by atoms with Crippen molar-refractivity contribution in [1.29, 1.82) is 0 Å². The maximum absolute atomic E-state index is 10.3. The molecule has 0 bridgehead atoms. The summed E-state index contributed by atoms with van der Waals surface area (Å²) in [7, 11) is 0. The molecule has 4 unspecified atom stereocenters. The van der Waals surface area contributed by atoms with Gasteiger partial charge in [-0.15, -0.1) is 6.58 Å². The van der Waals surface area contributed by atoms with E-state index in [1.54, 1.807) is 0 Å². The minimum atomic E-state index is -2.11. The van der Waals surface area contributed by atoms with Gasteiger partial charge in [-0.05, 0) is 34.1 Å². The zero-order valence-electron chi connectivity index (χ0n) is 10.9. The van der Waals surface area contributed by atoms with Crippen LogP contribution in [0.2, 0.25) is 0 Å². The molecule has 0 rings (SSSR count). The molecule has 5 heteroatoms. The van der Waals surface area contributed by atoms with Crippen molar-refractivity contribution in [1.82, 2.24) is 0 Å². The fraction of sp³-hybridized carbons (Fsp3) is 0.833. The van der Waals surface area contributed by atoms with E-state index in [-0.39, 0.29) is 6.42 Å². The number of hydrogen-bond acceptors (Lipinski definition) is 5. The first-order valence-electron chi connectivity index (χ1n) is 5.48. The lowest BCUT2D eigenvalue weighted by molar-refractivity contribution is -0.284. The Bertz CT molecular complexity index is 279. The van der Waals surface area contributed by atoms with Gasteiger partial charge in [-0.3, -0.25) is 0 Å². The van der Waals surface area contributed by atoms with Gasteiger partial charge in [0.1, 0.15) is 16.8 Å². The van der Waals surface area contributed by atoms with Crippen molar-refractivity contribution in [2.75, 3.05) is 6.61 Å². The summed E-state index contributed by atoms with van der Waals surface area (Å²) >= 11 is 0. The third-order valence-electron chi connectivity index (χ3n) is 3.90. The van der Waals surface area contributed by atoms with Gasteiger partial charge in [0.15, 0.2) is 0 Å². The molecular weight excluding hydrogens is 224 g/mol. The van der Waals surface area contributed by atoms with Gasteiger partial charge in [-0.1, -0.05) is 6.08 Å². The molecular formula is C12H24O5. The van der Waals surface area contributed by atoms with Gasteiger partial charge < -0.3 is 25.5 Å². The van der Waals surface area contributed by atoms with Crippen molar-refractivity contribution in [3.8, 4) is 0 Å². The smallest absolute Gasteiger partial charge is 0.124 e. The summed E-state index contributed by atoms with van der Waals surface area (Å²) in [5, 5.41) is 49.8. The standard InChI is InChI=1S/C12H24O5/c1-6-7-9(2,14)11(4,16)12(5,17)10(3,15)8-13/h6,13-17H,1,7-8H2,2-5H3. The van der Waals surface area contributed by atoms with E-state index in [1.165, 1.54) is 33.8 Å². The lowest BCUT2D eigenvalue weighted by atomic mass is 9.65. The molecule has 0 aromatic carbocycles. The van der Waals surface area contributed by atoms with Crippen LogP contribution >= 0.6 is 0 Å². The molecule has 0 radical (unpaired) electrons. The molecule has 4 atom stereocenters. The minimum Gasteiger partial charge on any atom is -0.393 e. The average Bonchev–Trinajstić information content (AvgIpc) is 2.16. The predicted octanol–water partition coefficient (Wildman–Crippen LogP) is -0.441. The Morgan fingerprint density at radius 1 is 0.882 bits per heavy atom. The molecule has 0 fully saturated rings. The molecule has 0 aromatic heterocycles. The van der Waals surface area contributed by atoms with Crippen LogP contribution in [0.3, 0.4) is 0 Å². The zero-order chi connectivity index (χ0) is 14.1. The summed E-state index contributed by atoms with van der Waals surface area (Å²) in [6.45, 7) is 7.60. The monoisotopic (exact) mass is 248 g/mol. The van der Waals surface area contributed by atoms with E-state index < -0.39 is 29.0 Å². The molecule has 5 nitrogen and oxygen atoms in total. The largest absolute Gasteiger partial charge is 0.393 e. The Balaban J connectivity index is 5.51. The molecule has 0 saturated heterocycles. The van der Waals surface area contributed by atoms with Crippen molar-refractivity contribution in [2.24, 2.45) is 0 Å². The first-order valence-corrected chi connectivity index (χ1v) is 5.48. The molecule has 102 valence electrons. The minimum absolute atomic E-state index is 0.0255. The SMILES string of the molecule is C=CCC(C)(O)C(C)(O)C(C)(O)C(C)(O)CO. The van der Waals surface area contributed by atoms with Crippen LogP contribution in [0.25, 0.3) is 0 Å². The summed E-state index contributed by atoms with van der Waals surface area (Å²) in [4.78, 5) is 0. The van der Waals surface area contributed by atoms with E-state index in [4.69, 9.17) is 5.11 Å². The second-order valence-corrected chi connectivity index (χ2v) is 5.34. The van der Waals surface area contributed by atoms with E-state index >= 15 is 0 Å². The van der Waals surface area contributed by atoms with Crippen molar-refractivity contribution in [3.05, 3.63) is 12.7 Å². The molecule has 17 heavy (non-hydrogen) atoms. The van der Waals surface area contributed by atoms with Crippen molar-refractivity contribution < 1.29 is 25.5 Å². The highest BCUT2D eigenvalue weighted by atomic mass is 16.4. The van der Waals surface area contributed by atoms with Crippen LogP contribution in [0.15, 0.2) is 12.7 Å². The van der Waals surface area contributed by atoms with E-state index in [9.17, 15) is 20.4 Å². The van der Waals surface area contributed by atoms with Crippen LogP contribution in [0.1, 0.15) is 34.1 Å². The summed E-state index contributed by atoms with van der Waals surface area (Å²) < 4.78 is 0. The van der Waals surface area contributed by atoms with Gasteiger partial charge in [0, 0.05) is 0 Å². The van der Waals surface area contributed by atoms with Gasteiger partial charge in [0.25, 0.3) is 0 Å². The van der Waals surface area contributed by atoms with Crippen LogP contribution in [0.5, 0.6) is 0 Å². The Labute approximate surface area is 102 Å². The first-order chi connectivity index (χ1) is 7.37. The van der Waals surface area contributed by atoms with Gasteiger partial charge in [0.05, 0.1) is 12.2 Å². The highest BCUT2D eigenvalue weighted by Crippen LogP contribution is 2.41. The summed E-state index contributed by atoms with van der Waals surface area (Å²) in [6.07, 6.45) is 1.43. The topological polar surface area (TPSA) is 101 Å². The maximum Gasteiger partial charge on any atom is 0.124 e. The van der Waals surface area contributed by atoms with E-state index in [0.29, 0.717) is 0 Å². The second-order valence-electron chi connectivity index (χ2n) is 5.34. The molecule has 0 aliphatic rings. The Morgan fingerprint density at radius 3 is 1.53 bits per heavy atom. The zero-order valence-corrected chi connectivity index (χ0v) is 10.9. The Morgan fingerprint density at radius 2 is 1.24 bits per heavy atom. The molecule has 0 saturated carbocycles. The van der Waals surface area contributed by atoms with Crippen molar-refractivity contribution in [3.63, 3.8) is 0 Å². The number of aliphatic hydroxyl groups excluding tert-OH is 1. The number of rotatable bonds is 6. The molecule has 5 N–H and O–H groups in total. The van der Waals surface area contributed by atoms with Crippen LogP contribution in [-0.2, 0) is 0 Å². The van der Waals surface area contributed by atoms with Crippen molar-refractivity contribution >= 4 is 0 Å². The van der Waals surface area contributed by atoms with E-state index in [1.807, 2.05) is 0 Å². The summed E-state index contributed by atoms with van der Waals surface area (Å²) in [6, 6.07) is 0. The van der Waals surface area contributed by atoms with E-state index in [2.05, 4.69) is 6.58 Å². The lowest BCUT2D eigenvalue weighted by Crippen LogP contribution is -2.72. The normalized spacial score (nSPS) is 26.2. The molecule has 0 spiro atoms. The molecule has 0 heterocycles. The van der Waals surface area contributed by atoms with Gasteiger partial charge in [-0.25, -0.2) is 0 Å². The molecule has 0 aliphatic heterocycles. The van der Waals surface area contributed by atoms with Crippen LogP contribution in [0.4, 0.5) is 0 Å². The van der Waals surface area contributed by atoms with Crippen LogP contribution in [-0.4, -0.2) is 54.5 Å². The third-order valence-corrected chi connectivity index (χ3v) is 3.90. The summed E-state index contributed by atoms with van der Waals surface area (Å²) in [5.41, 5.74) is -7.80. The van der Waals surface area contributed by atoms with Gasteiger partial charge in [0.2, 0.25) is 0 Å².